The van der Waals surface area contributed by atoms with Crippen LogP contribution in [-0.4, -0.2) is 42.3 Å². The van der Waals surface area contributed by atoms with E-state index in [2.05, 4.69) is 15.0 Å². The van der Waals surface area contributed by atoms with Crippen LogP contribution in [0.4, 0.5) is 24.5 Å². The quantitative estimate of drug-likeness (QED) is 0.764. The molecule has 1 atom stereocenters. The van der Waals surface area contributed by atoms with Crippen molar-refractivity contribution in [3.8, 4) is 5.75 Å². The summed E-state index contributed by atoms with van der Waals surface area (Å²) in [5, 5.41) is 2.67. The lowest BCUT2D eigenvalue weighted by Crippen LogP contribution is -2.57. The number of nitrogens with zero attached hydrogens (tertiary/aromatic N) is 2. The molecule has 2 aliphatic heterocycles. The average Bonchev–Trinajstić information content (AvgIpc) is 2.74. The molecule has 2 amide bonds. The third-order valence-electron chi connectivity index (χ3n) is 5.58. The van der Waals surface area contributed by atoms with Gasteiger partial charge in [0.15, 0.2) is 0 Å². The molecule has 0 spiro atoms. The summed E-state index contributed by atoms with van der Waals surface area (Å²) < 4.78 is 40.7. The van der Waals surface area contributed by atoms with Crippen molar-refractivity contribution in [1.82, 2.24) is 4.90 Å². The number of carbonyl (C=O) groups is 2. The number of alkyl halides is 3. The molecule has 164 valence electrons. The van der Waals surface area contributed by atoms with Crippen LogP contribution in [0.15, 0.2) is 42.5 Å². The first-order valence-corrected chi connectivity index (χ1v) is 10.2. The summed E-state index contributed by atoms with van der Waals surface area (Å²) in [5.41, 5.74) is 2.01. The molecule has 0 bridgehead atoms. The van der Waals surface area contributed by atoms with Crippen molar-refractivity contribution in [3.63, 3.8) is 0 Å². The Hall–Kier alpha value is -3.23. The minimum absolute atomic E-state index is 0.00163. The number of nitrogens with one attached hydrogen (secondary N) is 1. The topological polar surface area (TPSA) is 61.9 Å². The standard InChI is InChI=1S/C22H22F3N3O3/c1-2-27-18-13-14(6-11-17(18)21(30)28-12-4-3-5-19(27)28)20(29)26-15-7-9-16(10-8-15)31-22(23,24)25/h6-11,13,19H,2-5,12H2,1H3,(H,26,29). The van der Waals surface area contributed by atoms with Crippen molar-refractivity contribution in [1.29, 1.82) is 0 Å². The Morgan fingerprint density at radius 2 is 1.90 bits per heavy atom. The number of ether oxygens (including phenoxy) is 1. The second kappa shape index (κ2) is 8.13. The zero-order valence-corrected chi connectivity index (χ0v) is 16.9. The summed E-state index contributed by atoms with van der Waals surface area (Å²) in [7, 11) is 0. The number of carbonyl (C=O) groups excluding carboxylic acids is 2. The molecule has 0 aliphatic carbocycles. The van der Waals surface area contributed by atoms with E-state index in [9.17, 15) is 22.8 Å². The summed E-state index contributed by atoms with van der Waals surface area (Å²) in [4.78, 5) is 29.7. The Morgan fingerprint density at radius 1 is 1.16 bits per heavy atom. The molecule has 1 N–H and O–H groups in total. The van der Waals surface area contributed by atoms with Gasteiger partial charge in [-0.05, 0) is 68.7 Å². The molecule has 1 fully saturated rings. The number of amides is 2. The number of rotatable bonds is 4. The first-order valence-electron chi connectivity index (χ1n) is 10.2. The van der Waals surface area contributed by atoms with Crippen molar-refractivity contribution in [2.45, 2.75) is 38.7 Å². The van der Waals surface area contributed by atoms with Gasteiger partial charge in [0.2, 0.25) is 0 Å². The van der Waals surface area contributed by atoms with Crippen LogP contribution in [0, 0.1) is 0 Å². The summed E-state index contributed by atoms with van der Waals surface area (Å²) >= 11 is 0. The van der Waals surface area contributed by atoms with Gasteiger partial charge in [0, 0.05) is 24.3 Å². The van der Waals surface area contributed by atoms with Crippen molar-refractivity contribution >= 4 is 23.2 Å². The molecule has 1 unspecified atom stereocenters. The number of anilines is 2. The van der Waals surface area contributed by atoms with Crippen LogP contribution in [-0.2, 0) is 0 Å². The molecule has 31 heavy (non-hydrogen) atoms. The van der Waals surface area contributed by atoms with Gasteiger partial charge >= 0.3 is 6.36 Å². The molecule has 2 aromatic carbocycles. The normalized spacial score (nSPS) is 18.3. The SMILES string of the molecule is CCN1c2cc(C(=O)Nc3ccc(OC(F)(F)F)cc3)ccc2C(=O)N2CCCCC21. The monoisotopic (exact) mass is 433 g/mol. The minimum Gasteiger partial charge on any atom is -0.406 e. The zero-order valence-electron chi connectivity index (χ0n) is 16.9. The van der Waals surface area contributed by atoms with Gasteiger partial charge in [-0.1, -0.05) is 0 Å². The van der Waals surface area contributed by atoms with E-state index in [0.29, 0.717) is 23.4 Å². The fourth-order valence-electron chi connectivity index (χ4n) is 4.21. The predicted octanol–water partition coefficient (Wildman–Crippen LogP) is 4.63. The maximum Gasteiger partial charge on any atom is 0.573 e. The number of hydrogen-bond donors (Lipinski definition) is 1. The van der Waals surface area contributed by atoms with Crippen LogP contribution in [0.1, 0.15) is 46.9 Å². The molecule has 0 saturated carbocycles. The van der Waals surface area contributed by atoms with Crippen LogP contribution in [0.25, 0.3) is 0 Å². The van der Waals surface area contributed by atoms with Crippen LogP contribution in [0.3, 0.4) is 0 Å². The summed E-state index contributed by atoms with van der Waals surface area (Å²) in [6, 6.07) is 9.89. The van der Waals surface area contributed by atoms with E-state index in [1.165, 1.54) is 12.1 Å². The Labute approximate surface area is 177 Å². The first-order chi connectivity index (χ1) is 14.8. The number of hydrogen-bond acceptors (Lipinski definition) is 4. The maximum absolute atomic E-state index is 12.9. The fourth-order valence-corrected chi connectivity index (χ4v) is 4.21. The van der Waals surface area contributed by atoms with Gasteiger partial charge in [0.25, 0.3) is 11.8 Å². The second-order valence-corrected chi connectivity index (χ2v) is 7.52. The van der Waals surface area contributed by atoms with Crippen LogP contribution in [0.2, 0.25) is 0 Å². The van der Waals surface area contributed by atoms with Gasteiger partial charge in [0.05, 0.1) is 11.3 Å². The molecule has 2 heterocycles. The first kappa shape index (κ1) is 21.0. The number of piperidine rings is 1. The molecular weight excluding hydrogens is 411 g/mol. The molecule has 2 aromatic rings. The summed E-state index contributed by atoms with van der Waals surface area (Å²) in [5.74, 6) is -0.799. The Bertz CT molecular complexity index is 992. The second-order valence-electron chi connectivity index (χ2n) is 7.52. The van der Waals surface area contributed by atoms with E-state index in [-0.39, 0.29) is 17.8 Å². The Balaban J connectivity index is 1.54. The smallest absolute Gasteiger partial charge is 0.406 e. The van der Waals surface area contributed by atoms with Crippen molar-refractivity contribution in [3.05, 3.63) is 53.6 Å². The van der Waals surface area contributed by atoms with E-state index < -0.39 is 12.3 Å². The molecule has 9 heteroatoms. The van der Waals surface area contributed by atoms with E-state index in [0.717, 1.165) is 43.6 Å². The number of benzene rings is 2. The average molecular weight is 433 g/mol. The molecule has 4 rings (SSSR count). The molecule has 2 aliphatic rings. The van der Waals surface area contributed by atoms with Crippen molar-refractivity contribution < 1.29 is 27.5 Å². The summed E-state index contributed by atoms with van der Waals surface area (Å²) in [6.07, 6.45) is -1.85. The van der Waals surface area contributed by atoms with Gasteiger partial charge in [-0.3, -0.25) is 9.59 Å². The lowest BCUT2D eigenvalue weighted by molar-refractivity contribution is -0.274. The van der Waals surface area contributed by atoms with E-state index in [4.69, 9.17) is 0 Å². The van der Waals surface area contributed by atoms with Crippen LogP contribution in [0.5, 0.6) is 5.75 Å². The van der Waals surface area contributed by atoms with E-state index >= 15 is 0 Å². The maximum atomic E-state index is 12.9. The van der Waals surface area contributed by atoms with Gasteiger partial charge in [-0.2, -0.15) is 0 Å². The Kier molecular flexibility index (Phi) is 5.51. The predicted molar refractivity (Wildman–Crippen MR) is 109 cm³/mol. The third-order valence-corrected chi connectivity index (χ3v) is 5.58. The summed E-state index contributed by atoms with van der Waals surface area (Å²) in [6.45, 7) is 3.45. The molecule has 0 radical (unpaired) electrons. The third kappa shape index (κ3) is 4.30. The largest absolute Gasteiger partial charge is 0.573 e. The van der Waals surface area contributed by atoms with Crippen LogP contribution < -0.4 is 15.0 Å². The lowest BCUT2D eigenvalue weighted by atomic mass is 9.97. The lowest BCUT2D eigenvalue weighted by Gasteiger charge is -2.47. The molecule has 1 saturated heterocycles. The van der Waals surface area contributed by atoms with Gasteiger partial charge < -0.3 is 19.9 Å². The zero-order chi connectivity index (χ0) is 22.2. The highest BCUT2D eigenvalue weighted by Crippen LogP contribution is 2.36. The van der Waals surface area contributed by atoms with Gasteiger partial charge in [-0.25, -0.2) is 0 Å². The van der Waals surface area contributed by atoms with Crippen molar-refractivity contribution in [2.75, 3.05) is 23.3 Å². The number of fused-ring (bicyclic) bond motifs is 2. The van der Waals surface area contributed by atoms with E-state index in [1.54, 1.807) is 18.2 Å². The van der Waals surface area contributed by atoms with Crippen LogP contribution >= 0.6 is 0 Å². The molecule has 6 nitrogen and oxygen atoms in total. The van der Waals surface area contributed by atoms with Gasteiger partial charge in [0.1, 0.15) is 11.9 Å². The fraction of sp³-hybridized carbons (Fsp3) is 0.364. The van der Waals surface area contributed by atoms with E-state index in [1.807, 2.05) is 11.8 Å². The molecular formula is C22H22F3N3O3. The highest BCUT2D eigenvalue weighted by Gasteiger charge is 2.38. The highest BCUT2D eigenvalue weighted by atomic mass is 19.4. The van der Waals surface area contributed by atoms with Gasteiger partial charge in [-0.15, -0.1) is 13.2 Å². The Morgan fingerprint density at radius 3 is 2.58 bits per heavy atom. The van der Waals surface area contributed by atoms with Crippen molar-refractivity contribution in [2.24, 2.45) is 0 Å². The number of halogens is 3. The minimum atomic E-state index is -4.77. The highest BCUT2D eigenvalue weighted by molar-refractivity contribution is 6.08. The molecule has 0 aromatic heterocycles.